The first-order chi connectivity index (χ1) is 9.35. The molecule has 0 saturated carbocycles. The largest absolute Gasteiger partial charge is 0.368 e. The molecule has 0 spiro atoms. The Hall–Kier alpha value is -2.34. The first-order valence-corrected chi connectivity index (χ1v) is 6.49. The Balaban J connectivity index is 2.07. The van der Waals surface area contributed by atoms with Crippen LogP contribution in [0.25, 0.3) is 0 Å². The predicted molar refractivity (Wildman–Crippen MR) is 76.9 cm³/mol. The summed E-state index contributed by atoms with van der Waals surface area (Å²) in [6.45, 7) is 2.95. The molecule has 96 valence electrons. The Morgan fingerprint density at radius 1 is 1.21 bits per heavy atom. The van der Waals surface area contributed by atoms with Crippen molar-refractivity contribution >= 4 is 5.82 Å². The van der Waals surface area contributed by atoms with Gasteiger partial charge in [0.1, 0.15) is 11.9 Å². The van der Waals surface area contributed by atoms with Gasteiger partial charge in [-0.1, -0.05) is 37.3 Å². The zero-order valence-electron chi connectivity index (χ0n) is 11.0. The summed E-state index contributed by atoms with van der Waals surface area (Å²) in [5, 5.41) is 12.3. The zero-order chi connectivity index (χ0) is 13.5. The molecule has 0 amide bonds. The Morgan fingerprint density at radius 2 is 2.00 bits per heavy atom. The molecule has 1 aromatic heterocycles. The number of anilines is 1. The summed E-state index contributed by atoms with van der Waals surface area (Å²) in [5.41, 5.74) is 1.90. The van der Waals surface area contributed by atoms with E-state index < -0.39 is 0 Å². The van der Waals surface area contributed by atoms with Crippen molar-refractivity contribution in [2.75, 3.05) is 11.9 Å². The van der Waals surface area contributed by atoms with Gasteiger partial charge in [0.05, 0.1) is 5.56 Å². The van der Waals surface area contributed by atoms with Gasteiger partial charge >= 0.3 is 0 Å². The molecule has 1 aromatic carbocycles. The molecule has 2 aromatic rings. The second-order valence-electron chi connectivity index (χ2n) is 4.41. The Bertz CT molecular complexity index is 558. The van der Waals surface area contributed by atoms with Gasteiger partial charge in [-0.3, -0.25) is 0 Å². The predicted octanol–water partition coefficient (Wildman–Crippen LogP) is 3.56. The van der Waals surface area contributed by atoms with Gasteiger partial charge in [0.15, 0.2) is 0 Å². The van der Waals surface area contributed by atoms with Gasteiger partial charge in [0, 0.05) is 18.7 Å². The molecule has 1 heterocycles. The second-order valence-corrected chi connectivity index (χ2v) is 4.41. The number of nitrogens with zero attached hydrogens (tertiary/aromatic N) is 2. The van der Waals surface area contributed by atoms with Gasteiger partial charge in [-0.15, -0.1) is 0 Å². The molecule has 3 heteroatoms. The number of pyridine rings is 1. The molecule has 3 nitrogen and oxygen atoms in total. The van der Waals surface area contributed by atoms with E-state index in [1.54, 1.807) is 18.3 Å². The number of hydrogen-bond acceptors (Lipinski definition) is 3. The van der Waals surface area contributed by atoms with E-state index in [1.165, 1.54) is 5.56 Å². The Kier molecular flexibility index (Phi) is 4.52. The molecular formula is C16H17N3. The van der Waals surface area contributed by atoms with Crippen LogP contribution < -0.4 is 5.32 Å². The van der Waals surface area contributed by atoms with Crippen LogP contribution in [0.1, 0.15) is 30.4 Å². The summed E-state index contributed by atoms with van der Waals surface area (Å²) in [7, 11) is 0. The van der Waals surface area contributed by atoms with Crippen molar-refractivity contribution in [2.24, 2.45) is 0 Å². The number of benzene rings is 1. The minimum absolute atomic E-state index is 0.426. The molecule has 0 saturated heterocycles. The van der Waals surface area contributed by atoms with Crippen molar-refractivity contribution in [3.8, 4) is 6.07 Å². The van der Waals surface area contributed by atoms with E-state index in [2.05, 4.69) is 47.6 Å². The summed E-state index contributed by atoms with van der Waals surface area (Å²) >= 11 is 0. The van der Waals surface area contributed by atoms with E-state index in [-0.39, 0.29) is 0 Å². The molecular weight excluding hydrogens is 234 g/mol. The molecule has 1 N–H and O–H groups in total. The van der Waals surface area contributed by atoms with Crippen molar-refractivity contribution in [3.63, 3.8) is 0 Å². The van der Waals surface area contributed by atoms with E-state index in [4.69, 9.17) is 5.26 Å². The lowest BCUT2D eigenvalue weighted by Crippen LogP contribution is -2.13. The highest BCUT2D eigenvalue weighted by atomic mass is 15.0. The normalized spacial score (nSPS) is 11.6. The third kappa shape index (κ3) is 3.32. The number of rotatable bonds is 5. The average Bonchev–Trinajstić information content (AvgIpc) is 2.49. The van der Waals surface area contributed by atoms with Gasteiger partial charge in [0.2, 0.25) is 0 Å². The lowest BCUT2D eigenvalue weighted by atomic mass is 9.96. The fourth-order valence-electron chi connectivity index (χ4n) is 2.08. The summed E-state index contributed by atoms with van der Waals surface area (Å²) in [6.07, 6.45) is 2.75. The monoisotopic (exact) mass is 251 g/mol. The minimum Gasteiger partial charge on any atom is -0.368 e. The Morgan fingerprint density at radius 3 is 2.68 bits per heavy atom. The van der Waals surface area contributed by atoms with Crippen LogP contribution in [0.2, 0.25) is 0 Å². The molecule has 1 unspecified atom stereocenters. The number of nitrogens with one attached hydrogen (secondary N) is 1. The lowest BCUT2D eigenvalue weighted by Gasteiger charge is -2.16. The highest BCUT2D eigenvalue weighted by Gasteiger charge is 2.10. The van der Waals surface area contributed by atoms with Gasteiger partial charge in [0.25, 0.3) is 0 Å². The van der Waals surface area contributed by atoms with Crippen molar-refractivity contribution in [2.45, 2.75) is 19.3 Å². The number of nitriles is 1. The molecule has 1 atom stereocenters. The van der Waals surface area contributed by atoms with Crippen molar-refractivity contribution in [3.05, 3.63) is 59.8 Å². The van der Waals surface area contributed by atoms with Gasteiger partial charge < -0.3 is 5.32 Å². The summed E-state index contributed by atoms with van der Waals surface area (Å²) in [5.74, 6) is 1.09. The van der Waals surface area contributed by atoms with E-state index >= 15 is 0 Å². The van der Waals surface area contributed by atoms with Crippen LogP contribution in [0, 0.1) is 11.3 Å². The third-order valence-electron chi connectivity index (χ3n) is 3.21. The number of aromatic nitrogens is 1. The van der Waals surface area contributed by atoms with Crippen molar-refractivity contribution in [1.29, 1.82) is 5.26 Å². The van der Waals surface area contributed by atoms with Crippen LogP contribution in [-0.2, 0) is 0 Å². The zero-order valence-corrected chi connectivity index (χ0v) is 11.0. The van der Waals surface area contributed by atoms with Crippen LogP contribution in [0.5, 0.6) is 0 Å². The topological polar surface area (TPSA) is 48.7 Å². The fraction of sp³-hybridized carbons (Fsp3) is 0.250. The highest BCUT2D eigenvalue weighted by Crippen LogP contribution is 2.20. The fourth-order valence-corrected chi connectivity index (χ4v) is 2.08. The molecule has 19 heavy (non-hydrogen) atoms. The first kappa shape index (κ1) is 13.1. The number of hydrogen-bond donors (Lipinski definition) is 1. The summed E-state index contributed by atoms with van der Waals surface area (Å²) in [6, 6.07) is 16.1. The van der Waals surface area contributed by atoms with Gasteiger partial charge in [-0.05, 0) is 24.1 Å². The van der Waals surface area contributed by atoms with Crippen molar-refractivity contribution < 1.29 is 0 Å². The molecule has 0 aliphatic heterocycles. The summed E-state index contributed by atoms with van der Waals surface area (Å²) < 4.78 is 0. The smallest absolute Gasteiger partial charge is 0.143 e. The van der Waals surface area contributed by atoms with Gasteiger partial charge in [-0.2, -0.15) is 5.26 Å². The second kappa shape index (κ2) is 6.55. The first-order valence-electron chi connectivity index (χ1n) is 6.49. The maximum atomic E-state index is 9.03. The maximum Gasteiger partial charge on any atom is 0.143 e. The van der Waals surface area contributed by atoms with Crippen LogP contribution in [-0.4, -0.2) is 11.5 Å². The van der Waals surface area contributed by atoms with Gasteiger partial charge in [-0.25, -0.2) is 4.98 Å². The van der Waals surface area contributed by atoms with Crippen LogP contribution in [0.15, 0.2) is 48.7 Å². The minimum atomic E-state index is 0.426. The Labute approximate surface area is 113 Å². The molecule has 0 fully saturated rings. The average molecular weight is 251 g/mol. The van der Waals surface area contributed by atoms with Crippen LogP contribution in [0.4, 0.5) is 5.82 Å². The van der Waals surface area contributed by atoms with E-state index in [0.717, 1.165) is 13.0 Å². The lowest BCUT2D eigenvalue weighted by molar-refractivity contribution is 0.693. The van der Waals surface area contributed by atoms with Crippen molar-refractivity contribution in [1.82, 2.24) is 4.98 Å². The summed E-state index contributed by atoms with van der Waals surface area (Å²) in [4.78, 5) is 4.22. The standard InChI is InChI=1S/C16H17N3/c1-2-13(14-7-4-3-5-8-14)12-19-16-15(11-17)9-6-10-18-16/h3-10,13H,2,12H2,1H3,(H,18,19). The SMILES string of the molecule is CCC(CNc1ncccc1C#N)c1ccccc1. The van der Waals surface area contributed by atoms with E-state index in [0.29, 0.717) is 17.3 Å². The molecule has 2 rings (SSSR count). The molecule has 0 bridgehead atoms. The van der Waals surface area contributed by atoms with Crippen LogP contribution >= 0.6 is 0 Å². The molecule has 0 aliphatic rings. The molecule has 0 aliphatic carbocycles. The highest BCUT2D eigenvalue weighted by molar-refractivity contribution is 5.51. The van der Waals surface area contributed by atoms with Crippen LogP contribution in [0.3, 0.4) is 0 Å². The van der Waals surface area contributed by atoms with E-state index in [1.807, 2.05) is 6.07 Å². The van der Waals surface area contributed by atoms with E-state index in [9.17, 15) is 0 Å². The quantitative estimate of drug-likeness (QED) is 0.884. The maximum absolute atomic E-state index is 9.03. The molecule has 0 radical (unpaired) electrons. The third-order valence-corrected chi connectivity index (χ3v) is 3.21.